The molecule has 0 aliphatic heterocycles. The Labute approximate surface area is 753 Å². The Morgan fingerprint density at radius 3 is 0.719 bits per heavy atom. The van der Waals surface area contributed by atoms with Crippen molar-refractivity contribution in [3.8, 4) is 0 Å². The summed E-state index contributed by atoms with van der Waals surface area (Å²) < 4.78 is 0. The third-order valence-corrected chi connectivity index (χ3v) is 22.4. The molecule has 0 unspecified atom stereocenters. The second-order valence-corrected chi connectivity index (χ2v) is 32.1. The van der Waals surface area contributed by atoms with E-state index in [2.05, 4.69) is 5.32 Å². The van der Waals surface area contributed by atoms with Crippen molar-refractivity contribution in [1.82, 2.24) is 59.2 Å². The number of amides is 12. The normalized spacial score (nSPS) is 11.7. The average Bonchev–Trinajstić information content (AvgIpc) is 0.812. The van der Waals surface area contributed by atoms with Crippen LogP contribution in [0, 0.1) is 0 Å². The van der Waals surface area contributed by atoms with Gasteiger partial charge in [0.05, 0.1) is 50.8 Å². The number of benzene rings is 8. The Hall–Kier alpha value is -12.8. The minimum absolute atomic E-state index is 0.0170. The highest BCUT2D eigenvalue weighted by Crippen LogP contribution is 2.27. The molecule has 0 aliphatic carbocycles. The molecule has 682 valence electrons. The first-order chi connectivity index (χ1) is 62.0. The fourth-order valence-corrected chi connectivity index (χ4v) is 14.9. The summed E-state index contributed by atoms with van der Waals surface area (Å²) >= 11 is 0. The molecule has 0 radical (unpaired) electrons. The van der Waals surface area contributed by atoms with E-state index in [9.17, 15) is 19.2 Å². The minimum atomic E-state index is -0.844. The topological polar surface area (TPSA) is 383 Å². The van der Waals surface area contributed by atoms with Gasteiger partial charge in [0.15, 0.2) is 0 Å². The zero-order chi connectivity index (χ0) is 92.0. The number of nitrogens with one attached hydrogen (secondary N) is 1. The number of unbranched alkanes of at least 4 members (excludes halogenated alkanes) is 4. The van der Waals surface area contributed by atoms with Crippen molar-refractivity contribution < 1.29 is 57.5 Å². The molecule has 0 saturated heterocycles. The van der Waals surface area contributed by atoms with Gasteiger partial charge in [0.1, 0.15) is 45.8 Å². The average molecular weight is 1750 g/mol. The number of carbonyl (C=O) groups excluding carboxylic acids is 12. The van der Waals surface area contributed by atoms with Crippen LogP contribution in [0.5, 0.6) is 0 Å². The van der Waals surface area contributed by atoms with Gasteiger partial charge >= 0.3 is 0 Å². The second-order valence-electron chi connectivity index (χ2n) is 32.1. The molecule has 0 aliphatic rings. The van der Waals surface area contributed by atoms with E-state index in [1.807, 2.05) is 97.1 Å². The molecule has 8 aromatic carbocycles. The van der Waals surface area contributed by atoms with Gasteiger partial charge < -0.3 is 87.9 Å². The summed E-state index contributed by atoms with van der Waals surface area (Å²) in [5, 5.41) is 3.18. The summed E-state index contributed by atoms with van der Waals surface area (Å²) in [7, 11) is 0. The third-order valence-electron chi connectivity index (χ3n) is 22.4. The van der Waals surface area contributed by atoms with Crippen LogP contribution in [0.3, 0.4) is 0 Å². The van der Waals surface area contributed by atoms with Gasteiger partial charge in [-0.3, -0.25) is 57.5 Å². The van der Waals surface area contributed by atoms with Crippen LogP contribution in [-0.4, -0.2) is 256 Å². The number of hydrogen-bond donors (Lipinski definition) is 6. The molecular weight excluding hydrogens is 1620 g/mol. The van der Waals surface area contributed by atoms with Crippen molar-refractivity contribution in [3.05, 3.63) is 287 Å². The van der Waals surface area contributed by atoms with Crippen molar-refractivity contribution in [3.63, 3.8) is 0 Å². The molecule has 0 fully saturated rings. The highest BCUT2D eigenvalue weighted by Gasteiger charge is 2.37. The number of carbonyl (C=O) groups is 12. The SMILES string of the molecule is C[C@@H](c1ccccc1)N(CC(=O)N(CCCCN)CC(=O)N(CC(=O)N(CC(=O)N(CCCCN)CC(=O)N(CC(=O)N(CC(N)=O)Cc1ccccc1)Cc1ccccc1)[C@@H](C)c1ccccc1)[C@@H](C)c1ccccc1)C(=O)CN(Cc1ccccc1)C(=O)CN(CCCCN)C(=O)CN(Cc1ccccc1)C(=O)CN(Cc1ccccc1)C(=O)CNCCCCN. The highest BCUT2D eigenvalue weighted by atomic mass is 16.2. The van der Waals surface area contributed by atoms with Gasteiger partial charge in [0.2, 0.25) is 70.9 Å². The first kappa shape index (κ1) is 101. The largest absolute Gasteiger partial charge is 0.368 e. The van der Waals surface area contributed by atoms with Crippen LogP contribution < -0.4 is 34.0 Å². The summed E-state index contributed by atoms with van der Waals surface area (Å²) in [4.78, 5) is 195. The molecule has 0 heterocycles. The molecule has 12 amide bonds. The second kappa shape index (κ2) is 54.9. The summed E-state index contributed by atoms with van der Waals surface area (Å²) in [5.74, 6) is -7.28. The molecule has 128 heavy (non-hydrogen) atoms. The van der Waals surface area contributed by atoms with E-state index in [0.717, 1.165) is 24.0 Å². The van der Waals surface area contributed by atoms with Gasteiger partial charge in [0, 0.05) is 52.4 Å². The summed E-state index contributed by atoms with van der Waals surface area (Å²) in [6.07, 6.45) is 3.95. The van der Waals surface area contributed by atoms with E-state index in [0.29, 0.717) is 85.0 Å². The number of nitrogens with zero attached hydrogens (tertiary/aromatic N) is 11. The maximum Gasteiger partial charge on any atom is 0.243 e. The van der Waals surface area contributed by atoms with E-state index in [-0.39, 0.29) is 91.0 Å². The van der Waals surface area contributed by atoms with E-state index in [1.165, 1.54) is 53.9 Å². The lowest BCUT2D eigenvalue weighted by atomic mass is 10.1. The molecule has 29 heteroatoms. The van der Waals surface area contributed by atoms with Gasteiger partial charge in [-0.2, -0.15) is 0 Å². The standard InChI is InChI=1S/C99H129N17O12/c1-77(85-46-22-9-23-47-85)114(98(127)73-113(65-84-44-20-8-21-45-84)92(121)67-106(57-33-29-53-101)90(119)69-111(63-82-40-16-6-17-41-82)94(123)70-110(62-81-38-14-5-15-39-81)89(118)60-105-56-32-28-52-100)74-96(125)108(59-35-31-55-103)72-97(126)116(79(3)87-50-26-11-27-51-87)76-99(128)115(78(2)86-48-24-10-25-49-86)75-95(124)107(58-34-30-54-102)68-91(120)112(64-83-42-18-7-19-43-83)71-93(122)109(66-88(104)117)61-80-36-12-4-13-37-80/h4-27,36-51,77-79,105H,28-35,52-76,100-103H2,1-3H3,(H2,104,117)/t77-,78-,79-/m0/s1. The van der Waals surface area contributed by atoms with Crippen LogP contribution in [0.4, 0.5) is 0 Å². The van der Waals surface area contributed by atoms with Gasteiger partial charge in [-0.15, -0.1) is 0 Å². The fraction of sp³-hybridized carbons (Fsp3) is 0.394. The maximum atomic E-state index is 15.9. The van der Waals surface area contributed by atoms with Crippen molar-refractivity contribution in [1.29, 1.82) is 0 Å². The molecule has 3 atom stereocenters. The first-order valence-electron chi connectivity index (χ1n) is 44.2. The smallest absolute Gasteiger partial charge is 0.243 e. The lowest BCUT2D eigenvalue weighted by molar-refractivity contribution is -0.151. The Balaban J connectivity index is 1.09. The fourth-order valence-electron chi connectivity index (χ4n) is 14.9. The van der Waals surface area contributed by atoms with Crippen molar-refractivity contribution in [2.24, 2.45) is 28.7 Å². The van der Waals surface area contributed by atoms with Crippen LogP contribution in [0.2, 0.25) is 0 Å². The lowest BCUT2D eigenvalue weighted by Gasteiger charge is -2.37. The monoisotopic (exact) mass is 1750 g/mol. The molecule has 11 N–H and O–H groups in total. The van der Waals surface area contributed by atoms with E-state index in [4.69, 9.17) is 28.7 Å². The predicted octanol–water partition coefficient (Wildman–Crippen LogP) is 7.42. The highest BCUT2D eigenvalue weighted by molar-refractivity contribution is 5.95. The quantitative estimate of drug-likeness (QED) is 0.0202. The molecule has 0 aromatic heterocycles. The Bertz CT molecular complexity index is 4750. The van der Waals surface area contributed by atoms with Crippen LogP contribution >= 0.6 is 0 Å². The van der Waals surface area contributed by atoms with Crippen molar-refractivity contribution >= 4 is 70.9 Å². The van der Waals surface area contributed by atoms with Gasteiger partial charge in [-0.1, -0.05) is 243 Å². The van der Waals surface area contributed by atoms with Gasteiger partial charge in [0.25, 0.3) is 0 Å². The van der Waals surface area contributed by atoms with Crippen LogP contribution in [0.15, 0.2) is 243 Å². The Morgan fingerprint density at radius 2 is 0.445 bits per heavy atom. The number of hydrogen-bond acceptors (Lipinski definition) is 17. The molecule has 0 spiro atoms. The Kier molecular flexibility index (Phi) is 43.2. The molecular formula is C99H129N17O12. The first-order valence-corrected chi connectivity index (χ1v) is 44.2. The Morgan fingerprint density at radius 1 is 0.242 bits per heavy atom. The third kappa shape index (κ3) is 33.8. The maximum absolute atomic E-state index is 15.9. The van der Waals surface area contributed by atoms with Crippen LogP contribution in [0.1, 0.15) is 135 Å². The molecule has 8 aromatic rings. The number of primary amides is 1. The van der Waals surface area contributed by atoms with Crippen molar-refractivity contribution in [2.45, 2.75) is 123 Å². The lowest BCUT2D eigenvalue weighted by Crippen LogP contribution is -2.53. The zero-order valence-corrected chi connectivity index (χ0v) is 74.4. The predicted molar refractivity (Wildman–Crippen MR) is 494 cm³/mol. The van der Waals surface area contributed by atoms with E-state index < -0.39 is 149 Å². The number of rotatable bonds is 56. The van der Waals surface area contributed by atoms with E-state index in [1.54, 1.807) is 166 Å². The molecule has 0 bridgehead atoms. The van der Waals surface area contributed by atoms with Crippen LogP contribution in [0.25, 0.3) is 0 Å². The van der Waals surface area contributed by atoms with Gasteiger partial charge in [-0.05, 0) is 149 Å². The zero-order valence-electron chi connectivity index (χ0n) is 74.4. The number of nitrogens with two attached hydrogens (primary N) is 5. The molecule has 29 nitrogen and oxygen atoms in total. The molecule has 8 rings (SSSR count). The summed E-state index contributed by atoms with van der Waals surface area (Å²) in [6.45, 7) is 1.14. The van der Waals surface area contributed by atoms with Crippen molar-refractivity contribution in [2.75, 3.05) is 131 Å². The minimum Gasteiger partial charge on any atom is -0.368 e. The van der Waals surface area contributed by atoms with E-state index >= 15 is 38.4 Å². The molecule has 0 saturated carbocycles. The van der Waals surface area contributed by atoms with Crippen LogP contribution in [-0.2, 0) is 90.3 Å². The summed E-state index contributed by atoms with van der Waals surface area (Å²) in [5.41, 5.74) is 35.1. The summed E-state index contributed by atoms with van der Waals surface area (Å²) in [6, 6.07) is 69.9. The van der Waals surface area contributed by atoms with Gasteiger partial charge in [-0.25, -0.2) is 0 Å².